The van der Waals surface area contributed by atoms with Crippen LogP contribution in [0.5, 0.6) is 0 Å². The summed E-state index contributed by atoms with van der Waals surface area (Å²) in [6, 6.07) is 0. The lowest BCUT2D eigenvalue weighted by Gasteiger charge is -2.04. The van der Waals surface area contributed by atoms with Crippen LogP contribution in [0, 0.1) is 13.8 Å². The maximum atomic E-state index is 4.46. The first-order valence-electron chi connectivity index (χ1n) is 5.83. The molecule has 0 aromatic carbocycles. The van der Waals surface area contributed by atoms with Crippen molar-refractivity contribution in [2.75, 3.05) is 6.54 Å². The molecule has 0 spiro atoms. The summed E-state index contributed by atoms with van der Waals surface area (Å²) < 4.78 is 2.02. The van der Waals surface area contributed by atoms with Gasteiger partial charge in [-0.15, -0.1) is 11.3 Å². The van der Waals surface area contributed by atoms with E-state index in [-0.39, 0.29) is 0 Å². The second kappa shape index (κ2) is 5.42. The zero-order valence-corrected chi connectivity index (χ0v) is 11.3. The summed E-state index contributed by atoms with van der Waals surface area (Å²) in [7, 11) is 0. The normalized spacial score (nSPS) is 11.0. The van der Waals surface area contributed by atoms with Gasteiger partial charge in [0, 0.05) is 23.2 Å². The molecule has 2 aromatic heterocycles. The van der Waals surface area contributed by atoms with Gasteiger partial charge in [0.15, 0.2) is 0 Å². The predicted molar refractivity (Wildman–Crippen MR) is 70.3 cm³/mol. The van der Waals surface area contributed by atoms with Crippen LogP contribution in [0.25, 0.3) is 0 Å². The number of nitrogens with one attached hydrogen (secondary N) is 1. The van der Waals surface area contributed by atoms with Crippen molar-refractivity contribution in [1.29, 1.82) is 0 Å². The molecule has 0 saturated carbocycles. The van der Waals surface area contributed by atoms with Gasteiger partial charge in [0.25, 0.3) is 0 Å². The SMILES string of the molecule is CCNCc1cnn(Cc2csc(C)n2)c1C. The quantitative estimate of drug-likeness (QED) is 0.884. The molecule has 17 heavy (non-hydrogen) atoms. The van der Waals surface area contributed by atoms with E-state index in [2.05, 4.69) is 34.6 Å². The Balaban J connectivity index is 2.09. The van der Waals surface area contributed by atoms with Crippen LogP contribution in [-0.4, -0.2) is 21.3 Å². The molecule has 0 aliphatic carbocycles. The highest BCUT2D eigenvalue weighted by Crippen LogP contribution is 2.12. The summed E-state index contributed by atoms with van der Waals surface area (Å²) in [5, 5.41) is 10.9. The Hall–Kier alpha value is -1.20. The molecule has 0 aliphatic heterocycles. The van der Waals surface area contributed by atoms with Crippen molar-refractivity contribution in [1.82, 2.24) is 20.1 Å². The Morgan fingerprint density at radius 3 is 2.88 bits per heavy atom. The van der Waals surface area contributed by atoms with E-state index in [4.69, 9.17) is 0 Å². The number of nitrogens with zero attached hydrogens (tertiary/aromatic N) is 3. The van der Waals surface area contributed by atoms with Crippen molar-refractivity contribution in [3.63, 3.8) is 0 Å². The van der Waals surface area contributed by atoms with Gasteiger partial charge in [0.2, 0.25) is 0 Å². The molecule has 0 saturated heterocycles. The highest BCUT2D eigenvalue weighted by Gasteiger charge is 2.07. The van der Waals surface area contributed by atoms with E-state index in [1.807, 2.05) is 17.8 Å². The predicted octanol–water partition coefficient (Wildman–Crippen LogP) is 2.11. The van der Waals surface area contributed by atoms with Gasteiger partial charge >= 0.3 is 0 Å². The number of thiazole rings is 1. The van der Waals surface area contributed by atoms with Crippen molar-refractivity contribution < 1.29 is 0 Å². The molecule has 2 heterocycles. The molecule has 0 radical (unpaired) electrons. The standard InChI is InChI=1S/C12H18N4S/c1-4-13-5-11-6-14-16(9(11)2)7-12-8-17-10(3)15-12/h6,8,13H,4-5,7H2,1-3H3. The summed E-state index contributed by atoms with van der Waals surface area (Å²) in [6.45, 7) is 8.88. The van der Waals surface area contributed by atoms with Gasteiger partial charge < -0.3 is 5.32 Å². The van der Waals surface area contributed by atoms with Crippen LogP contribution in [0.3, 0.4) is 0 Å². The lowest BCUT2D eigenvalue weighted by molar-refractivity contribution is 0.649. The average Bonchev–Trinajstić information content (AvgIpc) is 2.86. The van der Waals surface area contributed by atoms with Gasteiger partial charge in [-0.1, -0.05) is 6.92 Å². The monoisotopic (exact) mass is 250 g/mol. The third-order valence-electron chi connectivity index (χ3n) is 2.75. The summed E-state index contributed by atoms with van der Waals surface area (Å²) in [4.78, 5) is 4.46. The van der Waals surface area contributed by atoms with Gasteiger partial charge in [0.1, 0.15) is 0 Å². The zero-order valence-electron chi connectivity index (χ0n) is 10.5. The molecule has 2 aromatic rings. The Labute approximate surface area is 106 Å². The molecule has 0 atom stereocenters. The maximum absolute atomic E-state index is 4.46. The van der Waals surface area contributed by atoms with Crippen molar-refractivity contribution in [3.8, 4) is 0 Å². The largest absolute Gasteiger partial charge is 0.313 e. The van der Waals surface area contributed by atoms with E-state index in [0.717, 1.165) is 30.3 Å². The second-order valence-corrected chi connectivity index (χ2v) is 5.11. The van der Waals surface area contributed by atoms with Crippen LogP contribution in [-0.2, 0) is 13.1 Å². The van der Waals surface area contributed by atoms with Crippen molar-refractivity contribution in [3.05, 3.63) is 33.5 Å². The third kappa shape index (κ3) is 2.92. The van der Waals surface area contributed by atoms with Crippen LogP contribution in [0.4, 0.5) is 0 Å². The fourth-order valence-electron chi connectivity index (χ4n) is 1.71. The maximum Gasteiger partial charge on any atom is 0.0898 e. The Morgan fingerprint density at radius 2 is 2.24 bits per heavy atom. The number of aryl methyl sites for hydroxylation is 1. The fraction of sp³-hybridized carbons (Fsp3) is 0.500. The molecule has 0 bridgehead atoms. The highest BCUT2D eigenvalue weighted by atomic mass is 32.1. The molecular formula is C12H18N4S. The van der Waals surface area contributed by atoms with Crippen LogP contribution in [0.1, 0.15) is 28.9 Å². The first kappa shape index (κ1) is 12.3. The second-order valence-electron chi connectivity index (χ2n) is 4.05. The minimum Gasteiger partial charge on any atom is -0.313 e. The first-order valence-corrected chi connectivity index (χ1v) is 6.71. The van der Waals surface area contributed by atoms with E-state index < -0.39 is 0 Å². The number of rotatable bonds is 5. The Bertz CT molecular complexity index is 486. The van der Waals surface area contributed by atoms with Gasteiger partial charge in [-0.25, -0.2) is 4.98 Å². The van der Waals surface area contributed by atoms with Crippen LogP contribution >= 0.6 is 11.3 Å². The Morgan fingerprint density at radius 1 is 1.41 bits per heavy atom. The van der Waals surface area contributed by atoms with E-state index in [9.17, 15) is 0 Å². The highest BCUT2D eigenvalue weighted by molar-refractivity contribution is 7.09. The van der Waals surface area contributed by atoms with E-state index in [1.165, 1.54) is 11.3 Å². The molecule has 2 rings (SSSR count). The molecule has 0 amide bonds. The number of hydrogen-bond acceptors (Lipinski definition) is 4. The molecule has 4 nitrogen and oxygen atoms in total. The summed E-state index contributed by atoms with van der Waals surface area (Å²) >= 11 is 1.69. The summed E-state index contributed by atoms with van der Waals surface area (Å²) in [5.74, 6) is 0. The minimum absolute atomic E-state index is 0.766. The van der Waals surface area contributed by atoms with Crippen LogP contribution in [0.2, 0.25) is 0 Å². The van der Waals surface area contributed by atoms with E-state index >= 15 is 0 Å². The lowest BCUT2D eigenvalue weighted by Crippen LogP contribution is -2.12. The topological polar surface area (TPSA) is 42.7 Å². The van der Waals surface area contributed by atoms with Gasteiger partial charge in [-0.3, -0.25) is 4.68 Å². The van der Waals surface area contributed by atoms with Gasteiger partial charge in [0.05, 0.1) is 23.4 Å². The molecule has 0 fully saturated rings. The smallest absolute Gasteiger partial charge is 0.0898 e. The lowest BCUT2D eigenvalue weighted by atomic mass is 10.2. The fourth-order valence-corrected chi connectivity index (χ4v) is 2.32. The summed E-state index contributed by atoms with van der Waals surface area (Å²) in [5.41, 5.74) is 3.57. The summed E-state index contributed by atoms with van der Waals surface area (Å²) in [6.07, 6.45) is 1.94. The van der Waals surface area contributed by atoms with Crippen molar-refractivity contribution >= 4 is 11.3 Å². The zero-order chi connectivity index (χ0) is 12.3. The average molecular weight is 250 g/mol. The third-order valence-corrected chi connectivity index (χ3v) is 3.57. The van der Waals surface area contributed by atoms with Crippen molar-refractivity contribution in [2.45, 2.75) is 33.9 Å². The van der Waals surface area contributed by atoms with Crippen molar-refractivity contribution in [2.24, 2.45) is 0 Å². The van der Waals surface area contributed by atoms with Crippen LogP contribution < -0.4 is 5.32 Å². The molecular weight excluding hydrogens is 232 g/mol. The molecule has 0 unspecified atom stereocenters. The molecule has 92 valence electrons. The number of aromatic nitrogens is 3. The minimum atomic E-state index is 0.766. The van der Waals surface area contributed by atoms with E-state index in [1.54, 1.807) is 11.3 Å². The number of hydrogen-bond donors (Lipinski definition) is 1. The van der Waals surface area contributed by atoms with Gasteiger partial charge in [-0.2, -0.15) is 5.10 Å². The van der Waals surface area contributed by atoms with Gasteiger partial charge in [-0.05, 0) is 20.4 Å². The Kier molecular flexibility index (Phi) is 3.91. The molecule has 0 aliphatic rings. The molecule has 5 heteroatoms. The van der Waals surface area contributed by atoms with Crippen LogP contribution in [0.15, 0.2) is 11.6 Å². The van der Waals surface area contributed by atoms with E-state index in [0.29, 0.717) is 0 Å². The molecule has 1 N–H and O–H groups in total. The first-order chi connectivity index (χ1) is 8.20.